The van der Waals surface area contributed by atoms with Gasteiger partial charge in [0.15, 0.2) is 11.9 Å². The number of aryl methyl sites for hydroxylation is 2. The number of nitrogens with zero attached hydrogens (tertiary/aromatic N) is 2. The summed E-state index contributed by atoms with van der Waals surface area (Å²) in [7, 11) is 3.02. The lowest BCUT2D eigenvalue weighted by atomic mass is 10.1. The topological polar surface area (TPSA) is 140 Å². The summed E-state index contributed by atoms with van der Waals surface area (Å²) in [5, 5.41) is 14.2. The first kappa shape index (κ1) is 31.1. The summed E-state index contributed by atoms with van der Waals surface area (Å²) in [6, 6.07) is 19.5. The van der Waals surface area contributed by atoms with E-state index in [1.165, 1.54) is 14.1 Å². The van der Waals surface area contributed by atoms with Gasteiger partial charge in [-0.15, -0.1) is 24.8 Å². The van der Waals surface area contributed by atoms with E-state index in [1.54, 1.807) is 0 Å². The van der Waals surface area contributed by atoms with E-state index in [1.807, 2.05) is 60.7 Å². The Hall–Kier alpha value is -3.10. The number of carbonyl (C=O) groups is 2. The van der Waals surface area contributed by atoms with Crippen molar-refractivity contribution in [2.75, 3.05) is 14.1 Å². The molecule has 10 heteroatoms. The summed E-state index contributed by atoms with van der Waals surface area (Å²) in [6.07, 6.45) is 2.11. The van der Waals surface area contributed by atoms with Crippen LogP contribution < -0.4 is 11.5 Å². The summed E-state index contributed by atoms with van der Waals surface area (Å²) in [5.74, 6) is -0.696. The van der Waals surface area contributed by atoms with E-state index in [0.29, 0.717) is 25.7 Å². The van der Waals surface area contributed by atoms with Crippen molar-refractivity contribution in [1.82, 2.24) is 9.80 Å². The monoisotopic (exact) mass is 482 g/mol. The number of halogens is 2. The number of guanidine groups is 2. The SMILES string of the molecule is CN(C(=N)N)C(=O)CCc1ccccc1.CN(C(=N)N)C(=O)CCc1ccccc1.Cl.Cl. The van der Waals surface area contributed by atoms with Gasteiger partial charge in [0.1, 0.15) is 0 Å². The van der Waals surface area contributed by atoms with Crippen molar-refractivity contribution >= 4 is 48.5 Å². The molecular weight excluding hydrogens is 451 g/mol. The molecule has 0 spiro atoms. The second-order valence-electron chi connectivity index (χ2n) is 6.65. The van der Waals surface area contributed by atoms with Crippen LogP contribution in [-0.2, 0) is 22.4 Å². The average Bonchev–Trinajstić information content (AvgIpc) is 2.76. The molecule has 2 aromatic rings. The summed E-state index contributed by atoms with van der Waals surface area (Å²) in [5.41, 5.74) is 12.6. The van der Waals surface area contributed by atoms with Crippen LogP contribution in [0.1, 0.15) is 24.0 Å². The smallest absolute Gasteiger partial charge is 0.229 e. The van der Waals surface area contributed by atoms with Crippen LogP contribution in [0.2, 0.25) is 0 Å². The molecular formula is C22H32Cl2N6O2. The average molecular weight is 483 g/mol. The van der Waals surface area contributed by atoms with Gasteiger partial charge in [-0.2, -0.15) is 0 Å². The molecule has 0 saturated carbocycles. The lowest BCUT2D eigenvalue weighted by Crippen LogP contribution is -2.37. The Labute approximate surface area is 201 Å². The fourth-order valence-electron chi connectivity index (χ4n) is 2.40. The van der Waals surface area contributed by atoms with Crippen molar-refractivity contribution in [3.05, 3.63) is 71.8 Å². The van der Waals surface area contributed by atoms with E-state index in [4.69, 9.17) is 22.3 Å². The van der Waals surface area contributed by atoms with Gasteiger partial charge in [-0.05, 0) is 24.0 Å². The highest BCUT2D eigenvalue weighted by Crippen LogP contribution is 2.04. The number of hydrogen-bond acceptors (Lipinski definition) is 4. The Morgan fingerprint density at radius 1 is 0.688 bits per heavy atom. The highest BCUT2D eigenvalue weighted by molar-refractivity contribution is 5.95. The number of nitrogens with one attached hydrogen (secondary N) is 2. The zero-order valence-electron chi connectivity index (χ0n) is 18.3. The zero-order chi connectivity index (χ0) is 22.5. The largest absolute Gasteiger partial charge is 0.370 e. The fraction of sp³-hybridized carbons (Fsp3) is 0.273. The van der Waals surface area contributed by atoms with Crippen molar-refractivity contribution < 1.29 is 9.59 Å². The van der Waals surface area contributed by atoms with Crippen molar-refractivity contribution in [2.24, 2.45) is 11.5 Å². The van der Waals surface area contributed by atoms with E-state index in [-0.39, 0.29) is 48.5 Å². The quantitative estimate of drug-likeness (QED) is 0.370. The molecule has 6 N–H and O–H groups in total. The van der Waals surface area contributed by atoms with Crippen LogP contribution in [0, 0.1) is 10.8 Å². The molecule has 0 saturated heterocycles. The highest BCUT2D eigenvalue weighted by Gasteiger charge is 2.11. The minimum Gasteiger partial charge on any atom is -0.370 e. The maximum atomic E-state index is 11.5. The first-order chi connectivity index (χ1) is 14.2. The van der Waals surface area contributed by atoms with Crippen molar-refractivity contribution in [2.45, 2.75) is 25.7 Å². The number of benzene rings is 2. The van der Waals surface area contributed by atoms with E-state index in [9.17, 15) is 9.59 Å². The van der Waals surface area contributed by atoms with Gasteiger partial charge >= 0.3 is 0 Å². The maximum Gasteiger partial charge on any atom is 0.229 e. The third-order valence-corrected chi connectivity index (χ3v) is 4.41. The highest BCUT2D eigenvalue weighted by atomic mass is 35.5. The number of rotatable bonds is 6. The van der Waals surface area contributed by atoms with Crippen LogP contribution in [0.25, 0.3) is 0 Å². The number of carbonyl (C=O) groups excluding carboxylic acids is 2. The number of amides is 2. The van der Waals surface area contributed by atoms with E-state index in [2.05, 4.69) is 0 Å². The van der Waals surface area contributed by atoms with Crippen LogP contribution in [0.15, 0.2) is 60.7 Å². The minimum atomic E-state index is -0.215. The third kappa shape index (κ3) is 11.9. The predicted octanol–water partition coefficient (Wildman–Crippen LogP) is 2.79. The summed E-state index contributed by atoms with van der Waals surface area (Å²) >= 11 is 0. The van der Waals surface area contributed by atoms with Gasteiger partial charge in [0.05, 0.1) is 0 Å². The molecule has 0 atom stereocenters. The molecule has 0 aromatic heterocycles. The molecule has 0 fully saturated rings. The molecule has 0 bridgehead atoms. The van der Waals surface area contributed by atoms with E-state index < -0.39 is 0 Å². The molecule has 2 aromatic carbocycles. The molecule has 0 radical (unpaired) electrons. The molecule has 0 unspecified atom stereocenters. The molecule has 8 nitrogen and oxygen atoms in total. The molecule has 0 heterocycles. The van der Waals surface area contributed by atoms with Crippen molar-refractivity contribution in [1.29, 1.82) is 10.8 Å². The Morgan fingerprint density at radius 3 is 1.22 bits per heavy atom. The van der Waals surface area contributed by atoms with E-state index >= 15 is 0 Å². The van der Waals surface area contributed by atoms with Crippen molar-refractivity contribution in [3.63, 3.8) is 0 Å². The van der Waals surface area contributed by atoms with Crippen LogP contribution in [0.5, 0.6) is 0 Å². The van der Waals surface area contributed by atoms with Gasteiger partial charge < -0.3 is 11.5 Å². The van der Waals surface area contributed by atoms with Gasteiger partial charge in [0.25, 0.3) is 0 Å². The Morgan fingerprint density at radius 2 is 0.969 bits per heavy atom. The Balaban J connectivity index is 0. The second kappa shape index (κ2) is 16.6. The molecule has 32 heavy (non-hydrogen) atoms. The van der Waals surface area contributed by atoms with Gasteiger partial charge in [0, 0.05) is 26.9 Å². The summed E-state index contributed by atoms with van der Waals surface area (Å²) in [4.78, 5) is 25.2. The van der Waals surface area contributed by atoms with Gasteiger partial charge in [0.2, 0.25) is 11.8 Å². The first-order valence-corrected chi connectivity index (χ1v) is 9.51. The Kier molecular flexibility index (Phi) is 16.1. The molecule has 0 aliphatic rings. The molecule has 2 amide bonds. The van der Waals surface area contributed by atoms with Crippen LogP contribution >= 0.6 is 24.8 Å². The lowest BCUT2D eigenvalue weighted by Gasteiger charge is -2.14. The Bertz CT molecular complexity index is 779. The van der Waals surface area contributed by atoms with Gasteiger partial charge in [-0.3, -0.25) is 30.2 Å². The van der Waals surface area contributed by atoms with Crippen LogP contribution in [-0.4, -0.2) is 47.6 Å². The zero-order valence-corrected chi connectivity index (χ0v) is 19.9. The lowest BCUT2D eigenvalue weighted by molar-refractivity contribution is -0.127. The standard InChI is InChI=1S/2C11H15N3O.2ClH/c2*1-14(11(12)13)10(15)8-7-9-5-3-2-4-6-9;;/h2*2-6H,7-8H2,1H3,(H3,12,13);2*1H. The molecule has 2 rings (SSSR count). The van der Waals surface area contributed by atoms with Crippen LogP contribution in [0.4, 0.5) is 0 Å². The van der Waals surface area contributed by atoms with Crippen LogP contribution in [0.3, 0.4) is 0 Å². The maximum absolute atomic E-state index is 11.5. The van der Waals surface area contributed by atoms with Crippen molar-refractivity contribution in [3.8, 4) is 0 Å². The van der Waals surface area contributed by atoms with Gasteiger partial charge in [-0.25, -0.2) is 0 Å². The third-order valence-electron chi connectivity index (χ3n) is 4.41. The fourth-order valence-corrected chi connectivity index (χ4v) is 2.40. The normalized spacial score (nSPS) is 9.06. The number of hydrogen-bond donors (Lipinski definition) is 4. The summed E-state index contributed by atoms with van der Waals surface area (Å²) < 4.78 is 0. The number of nitrogens with two attached hydrogens (primary N) is 2. The van der Waals surface area contributed by atoms with Gasteiger partial charge in [-0.1, -0.05) is 60.7 Å². The predicted molar refractivity (Wildman–Crippen MR) is 133 cm³/mol. The minimum absolute atomic E-state index is 0. The molecule has 0 aliphatic heterocycles. The first-order valence-electron chi connectivity index (χ1n) is 9.51. The van der Waals surface area contributed by atoms with E-state index in [0.717, 1.165) is 20.9 Å². The molecule has 176 valence electrons. The molecule has 0 aliphatic carbocycles. The summed E-state index contributed by atoms with van der Waals surface area (Å²) in [6.45, 7) is 0. The second-order valence-corrected chi connectivity index (χ2v) is 6.65.